The molecule has 72 valence electrons. The molecule has 0 unspecified atom stereocenters. The lowest BCUT2D eigenvalue weighted by molar-refractivity contribution is 0.112. The Hall–Kier alpha value is -1.51. The first-order valence-electron chi connectivity index (χ1n) is 4.08. The number of ether oxygens (including phenoxy) is 1. The number of isothiocyanates is 1. The first kappa shape index (κ1) is 10.6. The van der Waals surface area contributed by atoms with Crippen LogP contribution in [0.4, 0.5) is 0 Å². The Morgan fingerprint density at radius 1 is 1.43 bits per heavy atom. The summed E-state index contributed by atoms with van der Waals surface area (Å²) in [5.74, 6) is 0.718. The van der Waals surface area contributed by atoms with Gasteiger partial charge in [0.2, 0.25) is 0 Å². The van der Waals surface area contributed by atoms with E-state index >= 15 is 0 Å². The SMILES string of the molecule is O=Cc1ccc(OCCN=C=S)cc1. The number of carbonyl (C=O) groups is 1. The van der Waals surface area contributed by atoms with Gasteiger partial charge >= 0.3 is 0 Å². The predicted molar refractivity (Wildman–Crippen MR) is 57.2 cm³/mol. The fourth-order valence-electron chi connectivity index (χ4n) is 0.897. The van der Waals surface area contributed by atoms with Gasteiger partial charge in [0.05, 0.1) is 11.7 Å². The summed E-state index contributed by atoms with van der Waals surface area (Å²) in [7, 11) is 0. The second-order valence-corrected chi connectivity index (χ2v) is 2.69. The average molecular weight is 207 g/mol. The molecule has 0 aromatic heterocycles. The Morgan fingerprint density at radius 2 is 2.14 bits per heavy atom. The Bertz CT molecular complexity index is 342. The zero-order chi connectivity index (χ0) is 10.2. The molecule has 1 aromatic carbocycles. The van der Waals surface area contributed by atoms with E-state index < -0.39 is 0 Å². The van der Waals surface area contributed by atoms with Crippen molar-refractivity contribution in [3.63, 3.8) is 0 Å². The molecule has 14 heavy (non-hydrogen) atoms. The molecular weight excluding hydrogens is 198 g/mol. The van der Waals surface area contributed by atoms with Crippen LogP contribution in [0.2, 0.25) is 0 Å². The third-order valence-corrected chi connectivity index (χ3v) is 1.68. The van der Waals surface area contributed by atoms with E-state index in [1.54, 1.807) is 24.3 Å². The maximum Gasteiger partial charge on any atom is 0.150 e. The molecular formula is C10H9NO2S. The van der Waals surface area contributed by atoms with Gasteiger partial charge in [-0.2, -0.15) is 0 Å². The van der Waals surface area contributed by atoms with Crippen LogP contribution in [0.5, 0.6) is 5.75 Å². The van der Waals surface area contributed by atoms with E-state index in [9.17, 15) is 4.79 Å². The van der Waals surface area contributed by atoms with Crippen molar-refractivity contribution in [2.45, 2.75) is 0 Å². The second kappa shape index (κ2) is 6.02. The minimum atomic E-state index is 0.462. The van der Waals surface area contributed by atoms with Crippen LogP contribution in [0, 0.1) is 0 Å². The van der Waals surface area contributed by atoms with Crippen molar-refractivity contribution >= 4 is 23.7 Å². The molecule has 0 atom stereocenters. The van der Waals surface area contributed by atoms with Gasteiger partial charge in [-0.1, -0.05) is 0 Å². The molecule has 0 aliphatic carbocycles. The number of aldehydes is 1. The minimum absolute atomic E-state index is 0.462. The number of rotatable bonds is 5. The summed E-state index contributed by atoms with van der Waals surface area (Å²) in [5.41, 5.74) is 0.634. The van der Waals surface area contributed by atoms with E-state index in [0.717, 1.165) is 12.0 Å². The lowest BCUT2D eigenvalue weighted by Gasteiger charge is -2.02. The van der Waals surface area contributed by atoms with Gasteiger partial charge < -0.3 is 4.74 Å². The third-order valence-electron chi connectivity index (χ3n) is 1.55. The quantitative estimate of drug-likeness (QED) is 0.321. The van der Waals surface area contributed by atoms with Crippen LogP contribution >= 0.6 is 12.2 Å². The molecule has 0 bridgehead atoms. The van der Waals surface area contributed by atoms with Crippen LogP contribution in [0.1, 0.15) is 10.4 Å². The van der Waals surface area contributed by atoms with E-state index in [2.05, 4.69) is 22.4 Å². The van der Waals surface area contributed by atoms with E-state index in [4.69, 9.17) is 4.74 Å². The predicted octanol–water partition coefficient (Wildman–Crippen LogP) is 1.98. The maximum atomic E-state index is 10.3. The van der Waals surface area contributed by atoms with Gasteiger partial charge in [-0.15, -0.1) is 0 Å². The minimum Gasteiger partial charge on any atom is -0.492 e. The molecule has 3 nitrogen and oxygen atoms in total. The first-order chi connectivity index (χ1) is 6.86. The Kier molecular flexibility index (Phi) is 4.55. The molecule has 0 saturated carbocycles. The summed E-state index contributed by atoms with van der Waals surface area (Å²) in [5, 5.41) is 2.25. The van der Waals surface area contributed by atoms with Crippen molar-refractivity contribution in [2.75, 3.05) is 13.2 Å². The average Bonchev–Trinajstić information content (AvgIpc) is 2.25. The smallest absolute Gasteiger partial charge is 0.150 e. The highest BCUT2D eigenvalue weighted by Gasteiger charge is 1.93. The highest BCUT2D eigenvalue weighted by molar-refractivity contribution is 7.78. The summed E-state index contributed by atoms with van der Waals surface area (Å²) in [6.45, 7) is 0.961. The van der Waals surface area contributed by atoms with Crippen LogP contribution in [-0.4, -0.2) is 24.6 Å². The van der Waals surface area contributed by atoms with Gasteiger partial charge in [0.25, 0.3) is 0 Å². The monoisotopic (exact) mass is 207 g/mol. The van der Waals surface area contributed by atoms with Gasteiger partial charge in [0, 0.05) is 5.56 Å². The molecule has 0 amide bonds. The molecule has 0 heterocycles. The summed E-state index contributed by atoms with van der Waals surface area (Å²) in [6, 6.07) is 6.88. The zero-order valence-corrected chi connectivity index (χ0v) is 8.29. The number of aliphatic imine (C=N–C) groups is 1. The van der Waals surface area contributed by atoms with Gasteiger partial charge in [-0.3, -0.25) is 4.79 Å². The van der Waals surface area contributed by atoms with Crippen LogP contribution in [-0.2, 0) is 0 Å². The lowest BCUT2D eigenvalue weighted by atomic mass is 10.2. The van der Waals surface area contributed by atoms with Crippen LogP contribution in [0.25, 0.3) is 0 Å². The standard InChI is InChI=1S/C10H9NO2S/c12-7-9-1-3-10(4-2-9)13-6-5-11-8-14/h1-4,7H,5-6H2. The van der Waals surface area contributed by atoms with Crippen LogP contribution in [0.15, 0.2) is 29.3 Å². The van der Waals surface area contributed by atoms with Gasteiger partial charge in [-0.25, -0.2) is 4.99 Å². The maximum absolute atomic E-state index is 10.3. The normalized spacial score (nSPS) is 8.86. The van der Waals surface area contributed by atoms with Crippen molar-refractivity contribution in [3.05, 3.63) is 29.8 Å². The number of nitrogens with zero attached hydrogens (tertiary/aromatic N) is 1. The van der Waals surface area contributed by atoms with Crippen LogP contribution < -0.4 is 4.74 Å². The molecule has 0 aliphatic heterocycles. The Labute approximate surface area is 87.4 Å². The molecule has 1 rings (SSSR count). The van der Waals surface area contributed by atoms with Gasteiger partial charge in [0.15, 0.2) is 0 Å². The zero-order valence-electron chi connectivity index (χ0n) is 7.47. The summed E-state index contributed by atoms with van der Waals surface area (Å²) in [6.07, 6.45) is 0.792. The number of benzene rings is 1. The van der Waals surface area contributed by atoms with Crippen molar-refractivity contribution in [2.24, 2.45) is 4.99 Å². The topological polar surface area (TPSA) is 38.7 Å². The van der Waals surface area contributed by atoms with E-state index in [0.29, 0.717) is 18.7 Å². The third kappa shape index (κ3) is 3.47. The summed E-state index contributed by atoms with van der Waals surface area (Å²) in [4.78, 5) is 14.0. The number of thiocarbonyl (C=S) groups is 1. The van der Waals surface area contributed by atoms with Crippen molar-refractivity contribution in [1.29, 1.82) is 0 Å². The van der Waals surface area contributed by atoms with E-state index in [1.807, 2.05) is 0 Å². The second-order valence-electron chi connectivity index (χ2n) is 2.51. The van der Waals surface area contributed by atoms with Crippen molar-refractivity contribution in [3.8, 4) is 5.75 Å². The molecule has 0 saturated heterocycles. The Balaban J connectivity index is 2.43. The highest BCUT2D eigenvalue weighted by atomic mass is 32.1. The number of carbonyl (C=O) groups excluding carboxylic acids is 1. The first-order valence-corrected chi connectivity index (χ1v) is 4.49. The highest BCUT2D eigenvalue weighted by Crippen LogP contribution is 2.10. The molecule has 4 heteroatoms. The van der Waals surface area contributed by atoms with Crippen molar-refractivity contribution < 1.29 is 9.53 Å². The number of hydrogen-bond acceptors (Lipinski definition) is 4. The number of hydrogen-bond donors (Lipinski definition) is 0. The molecule has 0 N–H and O–H groups in total. The molecule has 0 fully saturated rings. The van der Waals surface area contributed by atoms with Gasteiger partial charge in [0.1, 0.15) is 18.6 Å². The molecule has 0 radical (unpaired) electrons. The summed E-state index contributed by atoms with van der Waals surface area (Å²) < 4.78 is 5.31. The Morgan fingerprint density at radius 3 is 2.71 bits per heavy atom. The van der Waals surface area contributed by atoms with Crippen LogP contribution in [0.3, 0.4) is 0 Å². The van der Waals surface area contributed by atoms with Crippen molar-refractivity contribution in [1.82, 2.24) is 0 Å². The van der Waals surface area contributed by atoms with Gasteiger partial charge in [-0.05, 0) is 36.5 Å². The van der Waals surface area contributed by atoms with E-state index in [1.165, 1.54) is 0 Å². The fraction of sp³-hybridized carbons (Fsp3) is 0.200. The molecule has 0 spiro atoms. The fourth-order valence-corrected chi connectivity index (χ4v) is 0.989. The molecule has 0 aliphatic rings. The van der Waals surface area contributed by atoms with E-state index in [-0.39, 0.29) is 0 Å². The lowest BCUT2D eigenvalue weighted by Crippen LogP contribution is -2.00. The summed E-state index contributed by atoms with van der Waals surface area (Å²) >= 11 is 4.40. The largest absolute Gasteiger partial charge is 0.492 e. The molecule has 1 aromatic rings.